The highest BCUT2D eigenvalue weighted by Gasteiger charge is 2.30. The first-order valence-corrected chi connectivity index (χ1v) is 14.7. The molecule has 0 aliphatic rings. The molecule has 3 N–H and O–H groups in total. The Hall–Kier alpha value is -4.54. The molecule has 4 aromatic rings. The summed E-state index contributed by atoms with van der Waals surface area (Å²) in [5, 5.41) is 7.91. The minimum Gasteiger partial charge on any atom is -0.325 e. The first kappa shape index (κ1) is 32.4. The Balaban J connectivity index is 1.49. The van der Waals surface area contributed by atoms with Crippen LogP contribution in [0.1, 0.15) is 34.8 Å². The van der Waals surface area contributed by atoms with Crippen molar-refractivity contribution in [3.8, 4) is 0 Å². The lowest BCUT2D eigenvalue weighted by molar-refractivity contribution is -0.137. The van der Waals surface area contributed by atoms with Crippen LogP contribution in [0.2, 0.25) is 5.02 Å². The van der Waals surface area contributed by atoms with Crippen LogP contribution in [-0.4, -0.2) is 23.0 Å². The molecule has 6 nitrogen and oxygen atoms in total. The van der Waals surface area contributed by atoms with E-state index in [9.17, 15) is 27.6 Å². The van der Waals surface area contributed by atoms with Gasteiger partial charge >= 0.3 is 6.18 Å². The summed E-state index contributed by atoms with van der Waals surface area (Å²) in [4.78, 5) is 39.8. The zero-order valence-electron chi connectivity index (χ0n) is 23.3. The number of hydrogen-bond donors (Lipinski definition) is 3. The molecule has 4 aromatic carbocycles. The maximum absolute atomic E-state index is 13.4. The van der Waals surface area contributed by atoms with Crippen molar-refractivity contribution in [3.63, 3.8) is 0 Å². The first-order valence-electron chi connectivity index (χ1n) is 13.4. The standard InChI is InChI=1S/C33H27ClF3N3O3S/c1-2-29(32(43)39-25-11-6-10-23(19-25)33(35,36)37)44-27-13-7-12-26(20-27)38-31(42)28(18-21-14-16-24(34)17-15-21)40-30(41)22-8-4-3-5-9-22/h3-20,29H,2H2,1H3,(H,38,42)(H,39,43)(H,40,41)/b28-18-. The molecule has 3 amide bonds. The second-order valence-corrected chi connectivity index (χ2v) is 11.2. The minimum atomic E-state index is -4.53. The summed E-state index contributed by atoms with van der Waals surface area (Å²) >= 11 is 7.19. The molecule has 0 fully saturated rings. The molecule has 0 aromatic heterocycles. The summed E-state index contributed by atoms with van der Waals surface area (Å²) in [6, 6.07) is 26.4. The molecule has 44 heavy (non-hydrogen) atoms. The Kier molecular flexibility index (Phi) is 10.9. The molecule has 0 radical (unpaired) electrons. The molecule has 0 saturated carbocycles. The van der Waals surface area contributed by atoms with Crippen LogP contribution in [0.3, 0.4) is 0 Å². The highest BCUT2D eigenvalue weighted by atomic mass is 35.5. The van der Waals surface area contributed by atoms with Crippen molar-refractivity contribution in [2.24, 2.45) is 0 Å². The van der Waals surface area contributed by atoms with Crippen molar-refractivity contribution < 1.29 is 27.6 Å². The number of carbonyl (C=O) groups is 3. The summed E-state index contributed by atoms with van der Waals surface area (Å²) in [6.45, 7) is 1.79. The second-order valence-electron chi connectivity index (χ2n) is 9.49. The van der Waals surface area contributed by atoms with Gasteiger partial charge in [0.2, 0.25) is 5.91 Å². The third kappa shape index (κ3) is 9.23. The van der Waals surface area contributed by atoms with Crippen LogP contribution in [0.4, 0.5) is 24.5 Å². The first-order chi connectivity index (χ1) is 21.0. The highest BCUT2D eigenvalue weighted by Crippen LogP contribution is 2.32. The number of carbonyl (C=O) groups excluding carboxylic acids is 3. The van der Waals surface area contributed by atoms with Gasteiger partial charge in [0.25, 0.3) is 11.8 Å². The number of anilines is 2. The molecule has 0 aliphatic heterocycles. The van der Waals surface area contributed by atoms with E-state index in [1.165, 1.54) is 30.0 Å². The van der Waals surface area contributed by atoms with Crippen LogP contribution in [0.15, 0.2) is 114 Å². The van der Waals surface area contributed by atoms with Crippen molar-refractivity contribution in [1.29, 1.82) is 0 Å². The Morgan fingerprint density at radius 1 is 0.841 bits per heavy atom. The molecular formula is C33H27ClF3N3O3S. The topological polar surface area (TPSA) is 87.3 Å². The van der Waals surface area contributed by atoms with Crippen LogP contribution in [-0.2, 0) is 15.8 Å². The SMILES string of the molecule is CCC(Sc1cccc(NC(=O)/C(=C/c2ccc(Cl)cc2)NC(=O)c2ccccc2)c1)C(=O)Nc1cccc(C(F)(F)F)c1. The lowest BCUT2D eigenvalue weighted by atomic mass is 10.1. The van der Waals surface area contributed by atoms with E-state index in [1.54, 1.807) is 85.8 Å². The van der Waals surface area contributed by atoms with Crippen LogP contribution in [0.25, 0.3) is 6.08 Å². The molecule has 0 aliphatic carbocycles. The third-order valence-electron chi connectivity index (χ3n) is 6.20. The Morgan fingerprint density at radius 3 is 2.16 bits per heavy atom. The average molecular weight is 638 g/mol. The smallest absolute Gasteiger partial charge is 0.325 e. The van der Waals surface area contributed by atoms with E-state index < -0.39 is 34.7 Å². The largest absolute Gasteiger partial charge is 0.416 e. The van der Waals surface area contributed by atoms with Crippen molar-refractivity contribution in [1.82, 2.24) is 5.32 Å². The monoisotopic (exact) mass is 637 g/mol. The number of halogens is 4. The molecule has 1 atom stereocenters. The van der Waals surface area contributed by atoms with Crippen LogP contribution >= 0.6 is 23.4 Å². The maximum atomic E-state index is 13.4. The zero-order valence-corrected chi connectivity index (χ0v) is 24.9. The summed E-state index contributed by atoms with van der Waals surface area (Å²) in [5.41, 5.74) is 0.589. The second kappa shape index (κ2) is 14.8. The molecule has 11 heteroatoms. The van der Waals surface area contributed by atoms with Gasteiger partial charge in [-0.1, -0.05) is 61.0 Å². The normalized spacial score (nSPS) is 12.2. The fraction of sp³-hybridized carbons (Fsp3) is 0.121. The molecule has 4 rings (SSSR count). The van der Waals surface area contributed by atoms with Gasteiger partial charge in [0.05, 0.1) is 10.8 Å². The number of rotatable bonds is 10. The number of nitrogens with one attached hydrogen (secondary N) is 3. The van der Waals surface area contributed by atoms with E-state index in [0.29, 0.717) is 33.2 Å². The van der Waals surface area contributed by atoms with Gasteiger partial charge in [-0.15, -0.1) is 11.8 Å². The van der Waals surface area contributed by atoms with E-state index in [2.05, 4.69) is 16.0 Å². The number of hydrogen-bond acceptors (Lipinski definition) is 4. The van der Waals surface area contributed by atoms with Gasteiger partial charge in [-0.05, 0) is 78.7 Å². The predicted octanol–water partition coefficient (Wildman–Crippen LogP) is 8.28. The number of alkyl halides is 3. The third-order valence-corrected chi connectivity index (χ3v) is 7.81. The van der Waals surface area contributed by atoms with Gasteiger partial charge in [0.15, 0.2) is 0 Å². The van der Waals surface area contributed by atoms with Crippen molar-refractivity contribution >= 4 is 58.5 Å². The summed E-state index contributed by atoms with van der Waals surface area (Å²) < 4.78 is 39.3. The Morgan fingerprint density at radius 2 is 1.50 bits per heavy atom. The molecule has 0 saturated heterocycles. The van der Waals surface area contributed by atoms with Gasteiger partial charge in [0.1, 0.15) is 5.70 Å². The van der Waals surface area contributed by atoms with Gasteiger partial charge < -0.3 is 16.0 Å². The molecule has 226 valence electrons. The Labute approximate surface area is 261 Å². The number of amides is 3. The lowest BCUT2D eigenvalue weighted by Crippen LogP contribution is -2.30. The quantitative estimate of drug-likeness (QED) is 0.121. The van der Waals surface area contributed by atoms with Crippen LogP contribution < -0.4 is 16.0 Å². The van der Waals surface area contributed by atoms with E-state index in [0.717, 1.165) is 12.1 Å². The zero-order chi connectivity index (χ0) is 31.7. The molecular weight excluding hydrogens is 611 g/mol. The van der Waals surface area contributed by atoms with Crippen molar-refractivity contribution in [2.75, 3.05) is 10.6 Å². The van der Waals surface area contributed by atoms with Crippen molar-refractivity contribution in [2.45, 2.75) is 29.7 Å². The van der Waals surface area contributed by atoms with Gasteiger partial charge in [-0.3, -0.25) is 14.4 Å². The Bertz CT molecular complexity index is 1660. The summed E-state index contributed by atoms with van der Waals surface area (Å²) in [7, 11) is 0. The predicted molar refractivity (Wildman–Crippen MR) is 168 cm³/mol. The molecule has 1 unspecified atom stereocenters. The van der Waals surface area contributed by atoms with E-state index in [1.807, 2.05) is 0 Å². The minimum absolute atomic E-state index is 0.00821. The van der Waals surface area contributed by atoms with Crippen molar-refractivity contribution in [3.05, 3.63) is 131 Å². The average Bonchev–Trinajstić information content (AvgIpc) is 3.00. The van der Waals surface area contributed by atoms with Crippen LogP contribution in [0.5, 0.6) is 0 Å². The number of benzene rings is 4. The fourth-order valence-electron chi connectivity index (χ4n) is 4.00. The highest BCUT2D eigenvalue weighted by molar-refractivity contribution is 8.00. The number of thioether (sulfide) groups is 1. The molecule has 0 bridgehead atoms. The van der Waals surface area contributed by atoms with E-state index >= 15 is 0 Å². The summed E-state index contributed by atoms with van der Waals surface area (Å²) in [6.07, 6.45) is -2.61. The summed E-state index contributed by atoms with van der Waals surface area (Å²) in [5.74, 6) is -1.51. The lowest BCUT2D eigenvalue weighted by Gasteiger charge is -2.16. The van der Waals surface area contributed by atoms with Gasteiger partial charge in [-0.25, -0.2) is 0 Å². The van der Waals surface area contributed by atoms with E-state index in [-0.39, 0.29) is 11.4 Å². The van der Waals surface area contributed by atoms with Crippen LogP contribution in [0, 0.1) is 0 Å². The van der Waals surface area contributed by atoms with Gasteiger partial charge in [0, 0.05) is 26.9 Å². The molecule has 0 spiro atoms. The van der Waals surface area contributed by atoms with Gasteiger partial charge in [-0.2, -0.15) is 13.2 Å². The van der Waals surface area contributed by atoms with E-state index in [4.69, 9.17) is 11.6 Å². The maximum Gasteiger partial charge on any atom is 0.416 e. The fourth-order valence-corrected chi connectivity index (χ4v) is 5.14. The molecule has 0 heterocycles.